The van der Waals surface area contributed by atoms with Crippen LogP contribution in [-0.4, -0.2) is 24.6 Å². The monoisotopic (exact) mass is 562 g/mol. The average molecular weight is 563 g/mol. The molecule has 2 fully saturated rings. The minimum absolute atomic E-state index is 0. The summed E-state index contributed by atoms with van der Waals surface area (Å²) in [6, 6.07) is 19.8. The van der Waals surface area contributed by atoms with E-state index in [1.807, 2.05) is 28.8 Å². The number of imidazole rings is 1. The van der Waals surface area contributed by atoms with Crippen molar-refractivity contribution in [2.45, 2.75) is 51.4 Å². The van der Waals surface area contributed by atoms with Gasteiger partial charge < -0.3 is 10.7 Å². The van der Waals surface area contributed by atoms with E-state index >= 15 is 0 Å². The molecule has 2 N–H and O–H groups in total. The molecule has 37 heavy (non-hydrogen) atoms. The first kappa shape index (κ1) is 24.6. The Morgan fingerprint density at radius 2 is 1.84 bits per heavy atom. The van der Waals surface area contributed by atoms with Gasteiger partial charge >= 0.3 is 0 Å². The van der Waals surface area contributed by atoms with E-state index in [9.17, 15) is 0 Å². The average Bonchev–Trinajstić information content (AvgIpc) is 3.23. The van der Waals surface area contributed by atoms with E-state index in [2.05, 4.69) is 47.3 Å². The van der Waals surface area contributed by atoms with Gasteiger partial charge in [-0.1, -0.05) is 61.2 Å². The van der Waals surface area contributed by atoms with Crippen molar-refractivity contribution >= 4 is 22.2 Å². The first-order chi connectivity index (χ1) is 17.7. The molecule has 2 aliphatic rings. The summed E-state index contributed by atoms with van der Waals surface area (Å²) in [4.78, 5) is 14.5. The van der Waals surface area contributed by atoms with E-state index < -0.39 is 0 Å². The summed E-state index contributed by atoms with van der Waals surface area (Å²) in [5.41, 5.74) is 13.0. The maximum absolute atomic E-state index is 6.42. The van der Waals surface area contributed by atoms with Gasteiger partial charge in [0.25, 0.3) is 0 Å². The van der Waals surface area contributed by atoms with Gasteiger partial charge in [0.05, 0.1) is 0 Å². The number of nitrogen functional groups attached to an aromatic ring is 1. The smallest absolute Gasteiger partial charge is 0.153 e. The van der Waals surface area contributed by atoms with Crippen molar-refractivity contribution in [1.29, 1.82) is 0 Å². The van der Waals surface area contributed by atoms with E-state index in [0.717, 1.165) is 62.2 Å². The van der Waals surface area contributed by atoms with Crippen LogP contribution < -0.4 is 5.73 Å². The first-order valence-electron chi connectivity index (χ1n) is 13.0. The molecule has 2 saturated carbocycles. The van der Waals surface area contributed by atoms with Crippen LogP contribution in [0.15, 0.2) is 54.9 Å². The fourth-order valence-electron chi connectivity index (χ4n) is 6.04. The molecular formula is C30H29N6Y-. The second kappa shape index (κ2) is 9.88. The predicted molar refractivity (Wildman–Crippen MR) is 142 cm³/mol. The number of nitrogens with two attached hydrogens (primary N) is 1. The van der Waals surface area contributed by atoms with Crippen molar-refractivity contribution in [2.24, 2.45) is 11.8 Å². The zero-order valence-corrected chi connectivity index (χ0v) is 23.9. The van der Waals surface area contributed by atoms with Crippen molar-refractivity contribution in [2.75, 3.05) is 5.73 Å². The van der Waals surface area contributed by atoms with Crippen molar-refractivity contribution in [3.8, 4) is 22.5 Å². The minimum atomic E-state index is 0. The number of hydrogen-bond donors (Lipinski definition) is 1. The maximum Gasteiger partial charge on any atom is 0.153 e. The standard InChI is InChI=1S/C30H29N6.Y/c1-18-24(12-10-22-11-13-25(34-26(18)22)21-8-3-2-4-9-21)27-28-29(31)32-17-33-36(28)30(35-27)23-15-20(16-23)14-19-6-5-7-19;/h2-4,8-10,12-13,17,19-20,23H,5-7,14-16H2,1H3,(H2,31,32,33);/q-1;. The number of nitrogens with zero attached hydrogens (tertiary/aromatic N) is 5. The molecule has 2 aromatic carbocycles. The molecule has 0 spiro atoms. The summed E-state index contributed by atoms with van der Waals surface area (Å²) in [5, 5.41) is 5.58. The number of aryl methyl sites for hydroxylation is 1. The van der Waals surface area contributed by atoms with Crippen LogP contribution in [0.2, 0.25) is 0 Å². The van der Waals surface area contributed by atoms with Gasteiger partial charge in [0.15, 0.2) is 5.82 Å². The molecule has 5 aromatic rings. The van der Waals surface area contributed by atoms with Crippen molar-refractivity contribution in [3.63, 3.8) is 0 Å². The Balaban J connectivity index is 0.00000252. The van der Waals surface area contributed by atoms with E-state index in [1.165, 1.54) is 44.9 Å². The van der Waals surface area contributed by atoms with Crippen LogP contribution in [0.25, 0.3) is 38.9 Å². The van der Waals surface area contributed by atoms with Gasteiger partial charge in [-0.3, -0.25) is 0 Å². The summed E-state index contributed by atoms with van der Waals surface area (Å²) >= 11 is 0. The molecule has 1 radical (unpaired) electrons. The summed E-state index contributed by atoms with van der Waals surface area (Å²) in [5.74, 6) is 3.65. The summed E-state index contributed by atoms with van der Waals surface area (Å²) < 4.78 is 1.94. The number of rotatable bonds is 5. The largest absolute Gasteiger partial charge is 0.382 e. The predicted octanol–water partition coefficient (Wildman–Crippen LogP) is 6.38. The van der Waals surface area contributed by atoms with Crippen LogP contribution in [0.4, 0.5) is 5.82 Å². The Morgan fingerprint density at radius 1 is 1.03 bits per heavy atom. The van der Waals surface area contributed by atoms with Gasteiger partial charge in [0.1, 0.15) is 23.4 Å². The molecule has 2 aliphatic carbocycles. The Labute approximate surface area is 242 Å². The number of aromatic nitrogens is 5. The molecule has 7 rings (SSSR count). The first-order valence-corrected chi connectivity index (χ1v) is 13.0. The van der Waals surface area contributed by atoms with Crippen LogP contribution in [0.1, 0.15) is 55.8 Å². The minimum Gasteiger partial charge on any atom is -0.382 e. The van der Waals surface area contributed by atoms with Crippen LogP contribution in [-0.2, 0) is 32.7 Å². The topological polar surface area (TPSA) is 82.0 Å². The third kappa shape index (κ3) is 4.28. The van der Waals surface area contributed by atoms with Crippen LogP contribution in [0, 0.1) is 24.8 Å². The Hall–Kier alpha value is -2.70. The molecule has 0 atom stereocenters. The molecule has 0 unspecified atom stereocenters. The summed E-state index contributed by atoms with van der Waals surface area (Å²) in [6.45, 7) is 2.11. The normalized spacial score (nSPS) is 19.4. The third-order valence-electron chi connectivity index (χ3n) is 8.33. The zero-order valence-electron chi connectivity index (χ0n) is 21.1. The molecule has 3 heterocycles. The maximum atomic E-state index is 6.42. The fourth-order valence-corrected chi connectivity index (χ4v) is 6.04. The quantitative estimate of drug-likeness (QED) is 0.252. The number of hydrogen-bond acceptors (Lipinski definition) is 5. The molecule has 6 nitrogen and oxygen atoms in total. The van der Waals surface area contributed by atoms with E-state index in [-0.39, 0.29) is 32.7 Å². The van der Waals surface area contributed by atoms with Gasteiger partial charge in [-0.25, -0.2) is 14.5 Å². The molecular weight excluding hydrogens is 533 g/mol. The molecule has 0 bridgehead atoms. The molecule has 0 aliphatic heterocycles. The Bertz CT molecular complexity index is 1580. The van der Waals surface area contributed by atoms with Crippen LogP contribution in [0.5, 0.6) is 0 Å². The Morgan fingerprint density at radius 3 is 2.59 bits per heavy atom. The Kier molecular flexibility index (Phi) is 6.58. The van der Waals surface area contributed by atoms with Crippen molar-refractivity contribution in [3.05, 3.63) is 72.3 Å². The molecule has 183 valence electrons. The second-order valence-electron chi connectivity index (χ2n) is 10.6. The molecule has 3 aromatic heterocycles. The van der Waals surface area contributed by atoms with Gasteiger partial charge in [-0.05, 0) is 60.4 Å². The van der Waals surface area contributed by atoms with Crippen LogP contribution in [0.3, 0.4) is 0 Å². The summed E-state index contributed by atoms with van der Waals surface area (Å²) in [7, 11) is 0. The van der Waals surface area contributed by atoms with Gasteiger partial charge in [-0.15, -0.1) is 23.6 Å². The van der Waals surface area contributed by atoms with E-state index in [4.69, 9.17) is 15.7 Å². The molecule has 0 amide bonds. The zero-order chi connectivity index (χ0) is 24.2. The van der Waals surface area contributed by atoms with Crippen molar-refractivity contribution < 1.29 is 32.7 Å². The SMILES string of the molecule is Cc1c(-c2nc(C3CC(CC4CCC4)C3)n3ncnc(N)c23)ccc2[c-]cc(-c3ccccc3)nc12.[Y]. The fraction of sp³-hybridized carbons (Fsp3) is 0.333. The molecule has 7 heteroatoms. The third-order valence-corrected chi connectivity index (χ3v) is 8.33. The molecule has 0 saturated heterocycles. The van der Waals surface area contributed by atoms with Gasteiger partial charge in [-0.2, -0.15) is 5.10 Å². The van der Waals surface area contributed by atoms with E-state index in [0.29, 0.717) is 11.7 Å². The number of fused-ring (bicyclic) bond motifs is 2. The number of anilines is 1. The van der Waals surface area contributed by atoms with Gasteiger partial charge in [0.2, 0.25) is 0 Å². The van der Waals surface area contributed by atoms with Gasteiger partial charge in [0, 0.05) is 38.6 Å². The van der Waals surface area contributed by atoms with Crippen molar-refractivity contribution in [1.82, 2.24) is 24.6 Å². The summed E-state index contributed by atoms with van der Waals surface area (Å²) in [6.07, 6.45) is 9.53. The second-order valence-corrected chi connectivity index (χ2v) is 10.6. The van der Waals surface area contributed by atoms with E-state index in [1.54, 1.807) is 0 Å². The number of pyridine rings is 1. The van der Waals surface area contributed by atoms with Crippen LogP contribution >= 0.6 is 0 Å². The number of benzene rings is 2.